The van der Waals surface area contributed by atoms with Gasteiger partial charge in [0.1, 0.15) is 17.4 Å². The van der Waals surface area contributed by atoms with E-state index < -0.39 is 0 Å². The molecule has 0 bridgehead atoms. The van der Waals surface area contributed by atoms with Crippen LogP contribution in [0.5, 0.6) is 11.6 Å². The highest BCUT2D eigenvalue weighted by Crippen LogP contribution is 2.30. The van der Waals surface area contributed by atoms with Crippen molar-refractivity contribution in [1.29, 1.82) is 0 Å². The van der Waals surface area contributed by atoms with Gasteiger partial charge in [0.25, 0.3) is 0 Å². The van der Waals surface area contributed by atoms with Gasteiger partial charge in [-0.3, -0.25) is 0 Å². The summed E-state index contributed by atoms with van der Waals surface area (Å²) in [5, 5.41) is 0.619. The Morgan fingerprint density at radius 3 is 2.71 bits per heavy atom. The number of nitrogens with zero attached hydrogens (tertiary/aromatic N) is 2. The second kappa shape index (κ2) is 6.74. The molecule has 0 spiro atoms. The Balaban J connectivity index is 2.42. The van der Waals surface area contributed by atoms with Gasteiger partial charge in [-0.05, 0) is 38.0 Å². The predicted molar refractivity (Wildman–Crippen MR) is 84.8 cm³/mol. The molecule has 0 unspecified atom stereocenters. The molecule has 5 nitrogen and oxygen atoms in total. The molecule has 0 aliphatic carbocycles. The van der Waals surface area contributed by atoms with Crippen molar-refractivity contribution in [2.45, 2.75) is 33.6 Å². The molecule has 0 saturated heterocycles. The number of rotatable bonds is 5. The molecule has 0 fully saturated rings. The summed E-state index contributed by atoms with van der Waals surface area (Å²) in [7, 11) is 0. The SMILES string of the molecule is CCCc1nc(NN)c(C)c(Oc2cc(Cl)ccc2C)n1. The van der Waals surface area contributed by atoms with Crippen LogP contribution in [0, 0.1) is 13.8 Å². The summed E-state index contributed by atoms with van der Waals surface area (Å²) in [4.78, 5) is 8.83. The lowest BCUT2D eigenvalue weighted by atomic mass is 10.2. The van der Waals surface area contributed by atoms with E-state index in [2.05, 4.69) is 22.3 Å². The van der Waals surface area contributed by atoms with Crippen LogP contribution in [0.2, 0.25) is 5.02 Å². The Morgan fingerprint density at radius 2 is 2.05 bits per heavy atom. The Morgan fingerprint density at radius 1 is 1.29 bits per heavy atom. The van der Waals surface area contributed by atoms with E-state index in [-0.39, 0.29) is 0 Å². The summed E-state index contributed by atoms with van der Waals surface area (Å²) in [6.45, 7) is 5.89. The Hall–Kier alpha value is -1.85. The first-order valence-electron chi connectivity index (χ1n) is 6.83. The summed E-state index contributed by atoms with van der Waals surface area (Å²) < 4.78 is 5.92. The largest absolute Gasteiger partial charge is 0.438 e. The molecule has 0 aliphatic rings. The summed E-state index contributed by atoms with van der Waals surface area (Å²) in [5.74, 6) is 7.96. The van der Waals surface area contributed by atoms with Crippen molar-refractivity contribution in [1.82, 2.24) is 9.97 Å². The minimum absolute atomic E-state index is 0.492. The van der Waals surface area contributed by atoms with Crippen LogP contribution < -0.4 is 16.0 Å². The standard InChI is InChI=1S/C15H19ClN4O/c1-4-5-13-18-14(20-17)10(3)15(19-13)21-12-8-11(16)7-6-9(12)2/h6-8H,4-5,17H2,1-3H3,(H,18,19,20). The van der Waals surface area contributed by atoms with Gasteiger partial charge in [0.2, 0.25) is 5.88 Å². The van der Waals surface area contributed by atoms with Crippen LogP contribution in [0.1, 0.15) is 30.3 Å². The number of aryl methyl sites for hydroxylation is 2. The van der Waals surface area contributed by atoms with Crippen LogP contribution in [-0.2, 0) is 6.42 Å². The lowest BCUT2D eigenvalue weighted by Gasteiger charge is -2.14. The minimum atomic E-state index is 0.492. The van der Waals surface area contributed by atoms with Crippen LogP contribution in [0.4, 0.5) is 5.82 Å². The number of aromatic nitrogens is 2. The average molecular weight is 307 g/mol. The highest BCUT2D eigenvalue weighted by atomic mass is 35.5. The van der Waals surface area contributed by atoms with Crippen LogP contribution >= 0.6 is 11.6 Å². The van der Waals surface area contributed by atoms with E-state index >= 15 is 0 Å². The van der Waals surface area contributed by atoms with Gasteiger partial charge in [-0.2, -0.15) is 4.98 Å². The maximum atomic E-state index is 6.02. The zero-order valence-electron chi connectivity index (χ0n) is 12.4. The topological polar surface area (TPSA) is 73.1 Å². The fourth-order valence-electron chi connectivity index (χ4n) is 1.90. The number of ether oxygens (including phenoxy) is 1. The summed E-state index contributed by atoms with van der Waals surface area (Å²) in [6.07, 6.45) is 1.71. The molecule has 0 saturated carbocycles. The number of nitrogen functional groups attached to an aromatic ring is 1. The zero-order valence-corrected chi connectivity index (χ0v) is 13.2. The van der Waals surface area contributed by atoms with Gasteiger partial charge in [0.15, 0.2) is 0 Å². The summed E-state index contributed by atoms with van der Waals surface area (Å²) in [5.41, 5.74) is 4.33. The van der Waals surface area contributed by atoms with Crippen molar-refractivity contribution in [3.8, 4) is 11.6 Å². The van der Waals surface area contributed by atoms with Crippen molar-refractivity contribution in [2.75, 3.05) is 5.43 Å². The predicted octanol–water partition coefficient (Wildman–Crippen LogP) is 3.78. The number of anilines is 1. The first-order chi connectivity index (χ1) is 10.0. The number of nitrogens with one attached hydrogen (secondary N) is 1. The van der Waals surface area contributed by atoms with Crippen molar-refractivity contribution in [2.24, 2.45) is 5.84 Å². The molecule has 1 heterocycles. The van der Waals surface area contributed by atoms with E-state index in [0.29, 0.717) is 28.3 Å². The van der Waals surface area contributed by atoms with E-state index in [1.807, 2.05) is 26.0 Å². The molecule has 2 aromatic rings. The Labute approximate surface area is 129 Å². The highest BCUT2D eigenvalue weighted by Gasteiger charge is 2.13. The third kappa shape index (κ3) is 3.62. The molecule has 21 heavy (non-hydrogen) atoms. The molecule has 0 aliphatic heterocycles. The quantitative estimate of drug-likeness (QED) is 0.649. The molecule has 0 radical (unpaired) electrons. The van der Waals surface area contributed by atoms with Crippen LogP contribution in [0.15, 0.2) is 18.2 Å². The zero-order chi connectivity index (χ0) is 15.4. The summed E-state index contributed by atoms with van der Waals surface area (Å²) in [6, 6.07) is 5.50. The smallest absolute Gasteiger partial charge is 0.227 e. The van der Waals surface area contributed by atoms with Gasteiger partial charge in [0.05, 0.1) is 5.56 Å². The maximum Gasteiger partial charge on any atom is 0.227 e. The number of halogens is 1. The van der Waals surface area contributed by atoms with E-state index in [4.69, 9.17) is 22.2 Å². The molecular weight excluding hydrogens is 288 g/mol. The lowest BCUT2D eigenvalue weighted by Crippen LogP contribution is -2.13. The fraction of sp³-hybridized carbons (Fsp3) is 0.333. The van der Waals surface area contributed by atoms with Crippen LogP contribution in [0.25, 0.3) is 0 Å². The van der Waals surface area contributed by atoms with E-state index in [1.165, 1.54) is 0 Å². The molecule has 3 N–H and O–H groups in total. The van der Waals surface area contributed by atoms with Gasteiger partial charge in [0, 0.05) is 11.4 Å². The third-order valence-corrected chi connectivity index (χ3v) is 3.35. The number of hydrogen-bond donors (Lipinski definition) is 2. The van der Waals surface area contributed by atoms with Gasteiger partial charge < -0.3 is 10.2 Å². The first-order valence-corrected chi connectivity index (χ1v) is 7.21. The number of hydrogen-bond acceptors (Lipinski definition) is 5. The van der Waals surface area contributed by atoms with Gasteiger partial charge >= 0.3 is 0 Å². The molecule has 1 aromatic carbocycles. The molecule has 0 atom stereocenters. The number of hydrazine groups is 1. The normalized spacial score (nSPS) is 10.5. The Kier molecular flexibility index (Phi) is 4.98. The number of benzene rings is 1. The molecule has 0 amide bonds. The second-order valence-corrected chi connectivity index (χ2v) is 5.26. The van der Waals surface area contributed by atoms with Crippen molar-refractivity contribution in [3.63, 3.8) is 0 Å². The van der Waals surface area contributed by atoms with Gasteiger partial charge in [-0.15, -0.1) is 0 Å². The van der Waals surface area contributed by atoms with Crippen molar-refractivity contribution in [3.05, 3.63) is 40.2 Å². The summed E-state index contributed by atoms with van der Waals surface area (Å²) >= 11 is 6.02. The fourth-order valence-corrected chi connectivity index (χ4v) is 2.07. The molecular formula is C15H19ClN4O. The minimum Gasteiger partial charge on any atom is -0.438 e. The highest BCUT2D eigenvalue weighted by molar-refractivity contribution is 6.30. The third-order valence-electron chi connectivity index (χ3n) is 3.11. The Bertz CT molecular complexity index is 646. The van der Waals surface area contributed by atoms with Crippen LogP contribution in [-0.4, -0.2) is 9.97 Å². The monoisotopic (exact) mass is 306 g/mol. The first kappa shape index (κ1) is 15.5. The maximum absolute atomic E-state index is 6.02. The van der Waals surface area contributed by atoms with Crippen molar-refractivity contribution >= 4 is 17.4 Å². The molecule has 112 valence electrons. The van der Waals surface area contributed by atoms with Gasteiger partial charge in [-0.1, -0.05) is 24.6 Å². The van der Waals surface area contributed by atoms with E-state index in [9.17, 15) is 0 Å². The lowest BCUT2D eigenvalue weighted by molar-refractivity contribution is 0.451. The number of nitrogens with two attached hydrogens (primary N) is 1. The van der Waals surface area contributed by atoms with Crippen LogP contribution in [0.3, 0.4) is 0 Å². The van der Waals surface area contributed by atoms with Gasteiger partial charge in [-0.25, -0.2) is 10.8 Å². The average Bonchev–Trinajstić information content (AvgIpc) is 2.46. The second-order valence-electron chi connectivity index (χ2n) is 4.82. The van der Waals surface area contributed by atoms with E-state index in [1.54, 1.807) is 6.07 Å². The molecule has 2 rings (SSSR count). The molecule has 6 heteroatoms. The van der Waals surface area contributed by atoms with E-state index in [0.717, 1.165) is 24.0 Å². The van der Waals surface area contributed by atoms with Crippen molar-refractivity contribution < 1.29 is 4.74 Å². The molecule has 1 aromatic heterocycles.